The van der Waals surface area contributed by atoms with Crippen molar-refractivity contribution in [1.29, 1.82) is 0 Å². The van der Waals surface area contributed by atoms with E-state index in [2.05, 4.69) is 4.99 Å². The first-order chi connectivity index (χ1) is 14.1. The van der Waals surface area contributed by atoms with Gasteiger partial charge in [-0.3, -0.25) is 15.0 Å². The number of hydrogen-bond acceptors (Lipinski definition) is 6. The molecule has 7 heteroatoms. The lowest BCUT2D eigenvalue weighted by atomic mass is 10.1. The molecule has 0 bridgehead atoms. The Balaban J connectivity index is 1.70. The molecule has 150 valence electrons. The van der Waals surface area contributed by atoms with Gasteiger partial charge < -0.3 is 19.7 Å². The van der Waals surface area contributed by atoms with Crippen LogP contribution in [-0.2, 0) is 13.1 Å². The monoisotopic (exact) mass is 392 g/mol. The second kappa shape index (κ2) is 9.68. The lowest BCUT2D eigenvalue weighted by molar-refractivity contribution is 0.0972. The number of pyridine rings is 1. The van der Waals surface area contributed by atoms with Gasteiger partial charge in [0.1, 0.15) is 5.75 Å². The molecule has 0 atom stereocenters. The van der Waals surface area contributed by atoms with Gasteiger partial charge >= 0.3 is 0 Å². The van der Waals surface area contributed by atoms with Crippen LogP contribution in [0.1, 0.15) is 22.8 Å². The molecule has 3 rings (SSSR count). The lowest BCUT2D eigenvalue weighted by Crippen LogP contribution is -2.14. The van der Waals surface area contributed by atoms with Gasteiger partial charge in [-0.15, -0.1) is 0 Å². The molecular formula is C22H22N3O4-. The number of carbonyl (C=O) groups is 1. The van der Waals surface area contributed by atoms with Crippen molar-refractivity contribution in [1.82, 2.24) is 4.57 Å². The predicted octanol–water partition coefficient (Wildman–Crippen LogP) is 3.56. The summed E-state index contributed by atoms with van der Waals surface area (Å²) in [6.45, 7) is 2.79. The van der Waals surface area contributed by atoms with Crippen molar-refractivity contribution in [3.63, 3.8) is 0 Å². The summed E-state index contributed by atoms with van der Waals surface area (Å²) in [5.41, 5.74) is 1.34. The SMILES string of the molecule is CCOc1ccc(C(=O)Cn2ccc(=NCc3ccccc3)cc2)cc1N([O-])O. The number of nitrogens with zero attached hydrogens (tertiary/aromatic N) is 3. The summed E-state index contributed by atoms with van der Waals surface area (Å²) in [5, 5.41) is 21.1. The van der Waals surface area contributed by atoms with Crippen LogP contribution in [0.5, 0.6) is 5.75 Å². The van der Waals surface area contributed by atoms with Crippen molar-refractivity contribution in [2.45, 2.75) is 20.0 Å². The van der Waals surface area contributed by atoms with Crippen molar-refractivity contribution in [3.05, 3.63) is 94.7 Å². The maximum Gasteiger partial charge on any atom is 0.182 e. The van der Waals surface area contributed by atoms with Gasteiger partial charge in [0.25, 0.3) is 0 Å². The molecule has 0 aliphatic heterocycles. The summed E-state index contributed by atoms with van der Waals surface area (Å²) in [7, 11) is 0. The minimum absolute atomic E-state index is 0.0939. The summed E-state index contributed by atoms with van der Waals surface area (Å²) in [5.74, 6) is 0.0220. The maximum atomic E-state index is 12.6. The Morgan fingerprint density at radius 1 is 1.14 bits per heavy atom. The van der Waals surface area contributed by atoms with Crippen molar-refractivity contribution >= 4 is 11.5 Å². The highest BCUT2D eigenvalue weighted by molar-refractivity contribution is 5.97. The average molecular weight is 392 g/mol. The number of anilines is 1. The topological polar surface area (TPSA) is 90.1 Å². The van der Waals surface area contributed by atoms with E-state index in [1.165, 1.54) is 12.1 Å². The van der Waals surface area contributed by atoms with E-state index in [1.807, 2.05) is 42.5 Å². The molecule has 7 nitrogen and oxygen atoms in total. The van der Waals surface area contributed by atoms with Gasteiger partial charge in [0.15, 0.2) is 5.78 Å². The second-order valence-corrected chi connectivity index (χ2v) is 6.34. The Morgan fingerprint density at radius 2 is 1.86 bits per heavy atom. The van der Waals surface area contributed by atoms with Gasteiger partial charge in [0.2, 0.25) is 0 Å². The van der Waals surface area contributed by atoms with E-state index in [9.17, 15) is 15.2 Å². The first kappa shape index (κ1) is 20.3. The molecule has 0 saturated carbocycles. The third-order valence-corrected chi connectivity index (χ3v) is 4.27. The molecule has 0 unspecified atom stereocenters. The van der Waals surface area contributed by atoms with Crippen molar-refractivity contribution < 1.29 is 14.7 Å². The van der Waals surface area contributed by atoms with E-state index in [1.54, 1.807) is 30.0 Å². The molecular weight excluding hydrogens is 370 g/mol. The van der Waals surface area contributed by atoms with Crippen LogP contribution in [0, 0.1) is 5.21 Å². The third kappa shape index (κ3) is 5.54. The quantitative estimate of drug-likeness (QED) is 0.468. The van der Waals surface area contributed by atoms with E-state index < -0.39 is 0 Å². The molecule has 1 N–H and O–H groups in total. The zero-order valence-corrected chi connectivity index (χ0v) is 16.1. The fourth-order valence-corrected chi connectivity index (χ4v) is 2.80. The number of Topliss-reactive ketones (excluding diaryl/α,β-unsaturated/α-hetero) is 1. The summed E-state index contributed by atoms with van der Waals surface area (Å²) < 4.78 is 7.02. The van der Waals surface area contributed by atoms with Gasteiger partial charge in [-0.2, -0.15) is 0 Å². The second-order valence-electron chi connectivity index (χ2n) is 6.34. The molecule has 0 amide bonds. The van der Waals surface area contributed by atoms with Gasteiger partial charge in [0, 0.05) is 18.0 Å². The number of hydrogen-bond donors (Lipinski definition) is 1. The van der Waals surface area contributed by atoms with Gasteiger partial charge in [-0.05, 0) is 42.8 Å². The van der Waals surface area contributed by atoms with Crippen molar-refractivity contribution in [3.8, 4) is 5.75 Å². The minimum Gasteiger partial charge on any atom is -0.733 e. The molecule has 2 aromatic carbocycles. The zero-order chi connectivity index (χ0) is 20.6. The zero-order valence-electron chi connectivity index (χ0n) is 16.1. The van der Waals surface area contributed by atoms with Crippen molar-refractivity contribution in [2.75, 3.05) is 11.8 Å². The van der Waals surface area contributed by atoms with E-state index in [0.717, 1.165) is 10.9 Å². The fourth-order valence-electron chi connectivity index (χ4n) is 2.80. The van der Waals surface area contributed by atoms with Crippen LogP contribution < -0.4 is 15.3 Å². The fraction of sp³-hybridized carbons (Fsp3) is 0.182. The van der Waals surface area contributed by atoms with Crippen LogP contribution in [-0.4, -0.2) is 22.2 Å². The smallest absolute Gasteiger partial charge is 0.182 e. The summed E-state index contributed by atoms with van der Waals surface area (Å²) >= 11 is 0. The summed E-state index contributed by atoms with van der Waals surface area (Å²) in [6.07, 6.45) is 3.56. The summed E-state index contributed by atoms with van der Waals surface area (Å²) in [6, 6.07) is 18.0. The van der Waals surface area contributed by atoms with Crippen LogP contribution in [0.3, 0.4) is 0 Å². The third-order valence-electron chi connectivity index (χ3n) is 4.27. The van der Waals surface area contributed by atoms with Gasteiger partial charge in [-0.1, -0.05) is 30.3 Å². The van der Waals surface area contributed by atoms with E-state index in [0.29, 0.717) is 18.7 Å². The molecule has 0 fully saturated rings. The minimum atomic E-state index is -0.294. The molecule has 29 heavy (non-hydrogen) atoms. The van der Waals surface area contributed by atoms with E-state index >= 15 is 0 Å². The average Bonchev–Trinajstić information content (AvgIpc) is 2.74. The van der Waals surface area contributed by atoms with Crippen LogP contribution in [0.25, 0.3) is 0 Å². The normalized spacial score (nSPS) is 10.4. The molecule has 1 aromatic heterocycles. The first-order valence-electron chi connectivity index (χ1n) is 9.23. The molecule has 3 aromatic rings. The van der Waals surface area contributed by atoms with Crippen LogP contribution in [0.4, 0.5) is 5.69 Å². The van der Waals surface area contributed by atoms with Crippen LogP contribution >= 0.6 is 0 Å². The molecule has 0 saturated heterocycles. The van der Waals surface area contributed by atoms with Gasteiger partial charge in [0.05, 0.1) is 30.7 Å². The number of ether oxygens (including phenoxy) is 1. The number of ketones is 1. The Morgan fingerprint density at radius 3 is 2.52 bits per heavy atom. The number of aromatic nitrogens is 1. The summed E-state index contributed by atoms with van der Waals surface area (Å²) in [4.78, 5) is 17.1. The highest BCUT2D eigenvalue weighted by Crippen LogP contribution is 2.28. The highest BCUT2D eigenvalue weighted by atomic mass is 16.8. The van der Waals surface area contributed by atoms with Crippen molar-refractivity contribution in [2.24, 2.45) is 4.99 Å². The van der Waals surface area contributed by atoms with Gasteiger partial charge in [-0.25, -0.2) is 0 Å². The maximum absolute atomic E-state index is 12.6. The number of benzene rings is 2. The molecule has 0 spiro atoms. The Kier molecular flexibility index (Phi) is 6.78. The number of rotatable bonds is 8. The molecule has 0 aliphatic carbocycles. The van der Waals surface area contributed by atoms with Crippen LogP contribution in [0.15, 0.2) is 78.0 Å². The van der Waals surface area contributed by atoms with E-state index in [4.69, 9.17) is 4.74 Å². The standard InChI is InChI=1S/C22H22N3O4/c1-2-29-22-9-8-18(14-20(22)25(27)28)21(26)16-24-12-10-19(11-13-24)23-15-17-6-4-3-5-7-17/h3-14,27H,2,15-16H2,1H3/q-1. The largest absolute Gasteiger partial charge is 0.733 e. The first-order valence-corrected chi connectivity index (χ1v) is 9.23. The predicted molar refractivity (Wildman–Crippen MR) is 110 cm³/mol. The molecule has 0 aliphatic rings. The lowest BCUT2D eigenvalue weighted by Gasteiger charge is -2.24. The van der Waals surface area contributed by atoms with E-state index in [-0.39, 0.29) is 29.0 Å². The molecule has 0 radical (unpaired) electrons. The molecule has 1 heterocycles. The van der Waals surface area contributed by atoms with Crippen LogP contribution in [0.2, 0.25) is 0 Å². The number of carbonyl (C=O) groups excluding carboxylic acids is 1. The Bertz CT molecular complexity index is 1010. The Hall–Kier alpha value is -3.42. The highest BCUT2D eigenvalue weighted by Gasteiger charge is 2.11. The Labute approximate surface area is 168 Å².